The van der Waals surface area contributed by atoms with Crippen molar-refractivity contribution in [1.29, 1.82) is 0 Å². The Kier molecular flexibility index (Phi) is 5.62. The molecular weight excluding hydrogens is 328 g/mol. The van der Waals surface area contributed by atoms with E-state index in [0.29, 0.717) is 11.3 Å². The number of aromatic nitrogens is 2. The summed E-state index contributed by atoms with van der Waals surface area (Å²) in [6.07, 6.45) is 1.12. The van der Waals surface area contributed by atoms with Crippen molar-refractivity contribution in [3.63, 3.8) is 0 Å². The number of aryl methyl sites for hydroxylation is 1. The number of ether oxygens (including phenoxy) is 1. The van der Waals surface area contributed by atoms with Gasteiger partial charge in [0.25, 0.3) is 0 Å². The number of nitrogens with zero attached hydrogens (tertiary/aromatic N) is 2. The van der Waals surface area contributed by atoms with Crippen LogP contribution < -0.4 is 10.6 Å². The molecule has 0 aliphatic rings. The summed E-state index contributed by atoms with van der Waals surface area (Å²) in [5, 5.41) is 13.9. The highest BCUT2D eigenvalue weighted by Crippen LogP contribution is 2.12. The molecule has 0 aliphatic carbocycles. The summed E-state index contributed by atoms with van der Waals surface area (Å²) in [5.41, 5.74) is 1.01. The Balaban J connectivity index is 1.99. The zero-order chi connectivity index (χ0) is 18.4. The zero-order valence-electron chi connectivity index (χ0n) is 13.6. The van der Waals surface area contributed by atoms with Gasteiger partial charge >= 0.3 is 18.0 Å². The van der Waals surface area contributed by atoms with Crippen LogP contribution in [0.5, 0.6) is 0 Å². The Morgan fingerprint density at radius 3 is 2.40 bits per heavy atom. The molecule has 0 saturated heterocycles. The van der Waals surface area contributed by atoms with Gasteiger partial charge < -0.3 is 15.2 Å². The summed E-state index contributed by atoms with van der Waals surface area (Å²) in [7, 11) is 0. The van der Waals surface area contributed by atoms with E-state index < -0.39 is 18.0 Å². The van der Waals surface area contributed by atoms with Gasteiger partial charge in [-0.2, -0.15) is 0 Å². The minimum absolute atomic E-state index is 0.0249. The number of hydrogen-bond donors (Lipinski definition) is 3. The average molecular weight is 344 g/mol. The zero-order valence-corrected chi connectivity index (χ0v) is 13.6. The fourth-order valence-electron chi connectivity index (χ4n) is 1.91. The molecule has 0 radical (unpaired) electrons. The van der Waals surface area contributed by atoms with Gasteiger partial charge in [0.15, 0.2) is 0 Å². The van der Waals surface area contributed by atoms with Crippen LogP contribution in [-0.2, 0) is 4.74 Å². The molecule has 1 heterocycles. The fraction of sp³-hybridized carbons (Fsp3) is 0.188. The third kappa shape index (κ3) is 4.74. The van der Waals surface area contributed by atoms with Gasteiger partial charge in [0, 0.05) is 11.9 Å². The van der Waals surface area contributed by atoms with Crippen molar-refractivity contribution >= 4 is 29.6 Å². The molecule has 130 valence electrons. The minimum Gasteiger partial charge on any atom is -0.478 e. The van der Waals surface area contributed by atoms with Crippen molar-refractivity contribution in [3.05, 3.63) is 47.3 Å². The lowest BCUT2D eigenvalue weighted by Gasteiger charge is -2.08. The fourth-order valence-corrected chi connectivity index (χ4v) is 1.91. The van der Waals surface area contributed by atoms with Gasteiger partial charge in [-0.25, -0.2) is 24.4 Å². The Morgan fingerprint density at radius 2 is 1.84 bits per heavy atom. The van der Waals surface area contributed by atoms with Crippen molar-refractivity contribution in [3.8, 4) is 0 Å². The van der Waals surface area contributed by atoms with Crippen molar-refractivity contribution in [2.24, 2.45) is 0 Å². The third-order valence-corrected chi connectivity index (χ3v) is 3.09. The minimum atomic E-state index is -1.14. The van der Waals surface area contributed by atoms with Crippen LogP contribution in [0.3, 0.4) is 0 Å². The van der Waals surface area contributed by atoms with Gasteiger partial charge in [-0.3, -0.25) is 5.32 Å². The van der Waals surface area contributed by atoms with Crippen LogP contribution in [0.1, 0.15) is 33.3 Å². The van der Waals surface area contributed by atoms with Gasteiger partial charge in [-0.15, -0.1) is 0 Å². The molecule has 1 aromatic carbocycles. The second-order valence-electron chi connectivity index (χ2n) is 4.87. The third-order valence-electron chi connectivity index (χ3n) is 3.09. The van der Waals surface area contributed by atoms with E-state index in [1.54, 1.807) is 19.1 Å². The second-order valence-corrected chi connectivity index (χ2v) is 4.87. The SMILES string of the molecule is CCOC(=O)c1ccc(NC(=O)Nc2ncc(C(=O)O)c(C)n2)cc1. The summed E-state index contributed by atoms with van der Waals surface area (Å²) in [4.78, 5) is 42.1. The lowest BCUT2D eigenvalue weighted by molar-refractivity contribution is 0.0526. The summed E-state index contributed by atoms with van der Waals surface area (Å²) in [6, 6.07) is 5.54. The lowest BCUT2D eigenvalue weighted by atomic mass is 10.2. The monoisotopic (exact) mass is 344 g/mol. The first-order chi connectivity index (χ1) is 11.9. The molecule has 0 spiro atoms. The number of urea groups is 1. The molecule has 25 heavy (non-hydrogen) atoms. The number of esters is 1. The number of anilines is 2. The standard InChI is InChI=1S/C16H16N4O5/c1-3-25-14(23)10-4-6-11(7-5-10)19-16(24)20-15-17-8-12(13(21)22)9(2)18-15/h4-8H,3H2,1-2H3,(H,21,22)(H2,17,18,19,20,24). The molecule has 2 aromatic rings. The van der Waals surface area contributed by atoms with Crippen LogP contribution in [0.2, 0.25) is 0 Å². The van der Waals surface area contributed by atoms with Crippen LogP contribution >= 0.6 is 0 Å². The molecular formula is C16H16N4O5. The first-order valence-electron chi connectivity index (χ1n) is 7.32. The summed E-state index contributed by atoms with van der Waals surface area (Å²) >= 11 is 0. The Morgan fingerprint density at radius 1 is 1.16 bits per heavy atom. The molecule has 9 nitrogen and oxygen atoms in total. The van der Waals surface area contributed by atoms with Gasteiger partial charge in [0.2, 0.25) is 5.95 Å². The Labute approximate surface area is 143 Å². The van der Waals surface area contributed by atoms with Gasteiger partial charge in [0.05, 0.1) is 23.4 Å². The van der Waals surface area contributed by atoms with E-state index in [9.17, 15) is 14.4 Å². The van der Waals surface area contributed by atoms with Crippen molar-refractivity contribution in [2.75, 3.05) is 17.2 Å². The van der Waals surface area contributed by atoms with Gasteiger partial charge in [0.1, 0.15) is 0 Å². The molecule has 9 heteroatoms. The quantitative estimate of drug-likeness (QED) is 0.709. The molecule has 2 rings (SSSR count). The van der Waals surface area contributed by atoms with E-state index in [0.717, 1.165) is 6.20 Å². The maximum absolute atomic E-state index is 11.9. The number of hydrogen-bond acceptors (Lipinski definition) is 6. The summed E-state index contributed by atoms with van der Waals surface area (Å²) in [6.45, 7) is 3.49. The number of nitrogens with one attached hydrogen (secondary N) is 2. The van der Waals surface area contributed by atoms with Crippen molar-refractivity contribution < 1.29 is 24.2 Å². The Bertz CT molecular complexity index is 805. The Hall–Kier alpha value is -3.49. The number of carbonyl (C=O) groups excluding carboxylic acids is 2. The normalized spacial score (nSPS) is 10.0. The predicted molar refractivity (Wildman–Crippen MR) is 88.8 cm³/mol. The predicted octanol–water partition coefficient (Wildman–Crippen LogP) is 2.30. The summed E-state index contributed by atoms with van der Waals surface area (Å²) in [5.74, 6) is -1.61. The number of benzene rings is 1. The molecule has 0 saturated carbocycles. The van der Waals surface area contributed by atoms with Crippen LogP contribution in [0.25, 0.3) is 0 Å². The molecule has 0 bridgehead atoms. The van der Waals surface area contributed by atoms with E-state index in [1.165, 1.54) is 19.1 Å². The summed E-state index contributed by atoms with van der Waals surface area (Å²) < 4.78 is 4.87. The number of carbonyl (C=O) groups is 3. The number of amides is 2. The highest BCUT2D eigenvalue weighted by atomic mass is 16.5. The molecule has 2 amide bonds. The highest BCUT2D eigenvalue weighted by Gasteiger charge is 2.12. The number of aromatic carboxylic acids is 1. The van der Waals surface area contributed by atoms with Gasteiger partial charge in [-0.1, -0.05) is 0 Å². The number of carboxylic acids is 1. The molecule has 1 aromatic heterocycles. The molecule has 3 N–H and O–H groups in total. The van der Waals surface area contributed by atoms with Crippen LogP contribution in [0.15, 0.2) is 30.5 Å². The van der Waals surface area contributed by atoms with Gasteiger partial charge in [-0.05, 0) is 38.1 Å². The highest BCUT2D eigenvalue weighted by molar-refractivity contribution is 5.99. The van der Waals surface area contributed by atoms with E-state index in [4.69, 9.17) is 9.84 Å². The first-order valence-corrected chi connectivity index (χ1v) is 7.32. The average Bonchev–Trinajstić information content (AvgIpc) is 2.55. The van der Waals surface area contributed by atoms with Crippen molar-refractivity contribution in [1.82, 2.24) is 9.97 Å². The number of carboxylic acid groups (broad SMARTS) is 1. The van der Waals surface area contributed by atoms with Crippen LogP contribution in [0.4, 0.5) is 16.4 Å². The maximum Gasteiger partial charge on any atom is 0.339 e. The first kappa shape index (κ1) is 17.9. The molecule has 0 fully saturated rings. The van der Waals surface area contributed by atoms with E-state index in [1.807, 2.05) is 0 Å². The van der Waals surface area contributed by atoms with Crippen LogP contribution in [0, 0.1) is 6.92 Å². The number of rotatable bonds is 5. The maximum atomic E-state index is 11.9. The van der Waals surface area contributed by atoms with Crippen molar-refractivity contribution in [2.45, 2.75) is 13.8 Å². The molecule has 0 unspecified atom stereocenters. The van der Waals surface area contributed by atoms with E-state index in [-0.39, 0.29) is 23.8 Å². The van der Waals surface area contributed by atoms with E-state index in [2.05, 4.69) is 20.6 Å². The second kappa shape index (κ2) is 7.86. The largest absolute Gasteiger partial charge is 0.478 e. The van der Waals surface area contributed by atoms with Crippen LogP contribution in [-0.4, -0.2) is 39.7 Å². The lowest BCUT2D eigenvalue weighted by Crippen LogP contribution is -2.21. The smallest absolute Gasteiger partial charge is 0.339 e. The molecule has 0 aliphatic heterocycles. The molecule has 0 atom stereocenters. The van der Waals surface area contributed by atoms with E-state index >= 15 is 0 Å². The topological polar surface area (TPSA) is 131 Å².